The van der Waals surface area contributed by atoms with E-state index < -0.39 is 0 Å². The second-order valence-corrected chi connectivity index (χ2v) is 5.27. The fourth-order valence-electron chi connectivity index (χ4n) is 1.92. The lowest BCUT2D eigenvalue weighted by Crippen LogP contribution is -2.23. The van der Waals surface area contributed by atoms with Gasteiger partial charge in [0.1, 0.15) is 12.4 Å². The Balaban J connectivity index is 2.00. The van der Waals surface area contributed by atoms with Gasteiger partial charge in [0, 0.05) is 13.2 Å². The highest BCUT2D eigenvalue weighted by Gasteiger charge is 1.96. The smallest absolute Gasteiger partial charge is 0.119 e. The van der Waals surface area contributed by atoms with Gasteiger partial charge in [-0.3, -0.25) is 0 Å². The largest absolute Gasteiger partial charge is 0.492 e. The van der Waals surface area contributed by atoms with Crippen molar-refractivity contribution in [2.45, 2.75) is 46.1 Å². The van der Waals surface area contributed by atoms with E-state index in [0.717, 1.165) is 38.3 Å². The van der Waals surface area contributed by atoms with Gasteiger partial charge in [-0.05, 0) is 50.9 Å². The molecule has 0 bridgehead atoms. The number of benzene rings is 1. The van der Waals surface area contributed by atoms with Crippen LogP contribution < -0.4 is 10.1 Å². The minimum absolute atomic E-state index is 0.328. The van der Waals surface area contributed by atoms with Crippen molar-refractivity contribution in [3.05, 3.63) is 29.8 Å². The first-order valence-electron chi connectivity index (χ1n) is 7.76. The second-order valence-electron chi connectivity index (χ2n) is 5.27. The van der Waals surface area contributed by atoms with Crippen LogP contribution in [0.4, 0.5) is 0 Å². The summed E-state index contributed by atoms with van der Waals surface area (Å²) in [6, 6.07) is 8.41. The molecule has 1 aromatic carbocycles. The maximum absolute atomic E-state index is 5.69. The molecule has 0 spiro atoms. The van der Waals surface area contributed by atoms with Gasteiger partial charge in [0.2, 0.25) is 0 Å². The lowest BCUT2D eigenvalue weighted by Gasteiger charge is -2.09. The molecule has 0 radical (unpaired) electrons. The highest BCUT2D eigenvalue weighted by Crippen LogP contribution is 2.12. The predicted molar refractivity (Wildman–Crippen MR) is 84.5 cm³/mol. The normalized spacial score (nSPS) is 11.0. The molecular formula is C17H29NO2. The summed E-state index contributed by atoms with van der Waals surface area (Å²) in [5, 5.41) is 3.36. The average Bonchev–Trinajstić information content (AvgIpc) is 2.43. The minimum Gasteiger partial charge on any atom is -0.492 e. The molecule has 0 unspecified atom stereocenters. The Labute approximate surface area is 123 Å². The van der Waals surface area contributed by atoms with Crippen molar-refractivity contribution in [3.8, 4) is 5.75 Å². The predicted octanol–water partition coefficient (Wildman–Crippen LogP) is 3.42. The first kappa shape index (κ1) is 17.0. The molecule has 0 fully saturated rings. The summed E-state index contributed by atoms with van der Waals surface area (Å²) in [4.78, 5) is 0. The van der Waals surface area contributed by atoms with E-state index in [1.807, 2.05) is 0 Å². The zero-order chi connectivity index (χ0) is 14.6. The van der Waals surface area contributed by atoms with Crippen LogP contribution in [0.1, 0.15) is 39.2 Å². The summed E-state index contributed by atoms with van der Waals surface area (Å²) >= 11 is 0. The monoisotopic (exact) mass is 279 g/mol. The van der Waals surface area contributed by atoms with Gasteiger partial charge in [-0.2, -0.15) is 0 Å². The number of ether oxygens (including phenoxy) is 2. The summed E-state index contributed by atoms with van der Waals surface area (Å²) in [5.41, 5.74) is 1.38. The maximum Gasteiger partial charge on any atom is 0.119 e. The van der Waals surface area contributed by atoms with Crippen molar-refractivity contribution in [1.29, 1.82) is 0 Å². The maximum atomic E-state index is 5.69. The zero-order valence-electron chi connectivity index (χ0n) is 13.2. The molecule has 3 heteroatoms. The molecule has 0 aromatic heterocycles. The lowest BCUT2D eigenvalue weighted by atomic mass is 10.1. The first-order valence-corrected chi connectivity index (χ1v) is 7.76. The molecule has 0 saturated heterocycles. The Hall–Kier alpha value is -1.06. The van der Waals surface area contributed by atoms with E-state index in [2.05, 4.69) is 50.4 Å². The van der Waals surface area contributed by atoms with Crippen LogP contribution in [0.5, 0.6) is 5.75 Å². The zero-order valence-corrected chi connectivity index (χ0v) is 13.2. The van der Waals surface area contributed by atoms with Crippen LogP contribution in [0, 0.1) is 0 Å². The van der Waals surface area contributed by atoms with Crippen molar-refractivity contribution in [3.63, 3.8) is 0 Å². The molecule has 0 saturated carbocycles. The van der Waals surface area contributed by atoms with E-state index >= 15 is 0 Å². The van der Waals surface area contributed by atoms with Crippen LogP contribution in [0.2, 0.25) is 0 Å². The molecule has 0 atom stereocenters. The van der Waals surface area contributed by atoms with Crippen LogP contribution in [0.25, 0.3) is 0 Å². The van der Waals surface area contributed by atoms with Crippen LogP contribution in [-0.2, 0) is 11.2 Å². The van der Waals surface area contributed by atoms with E-state index in [-0.39, 0.29) is 0 Å². The summed E-state index contributed by atoms with van der Waals surface area (Å²) in [6.07, 6.45) is 3.70. The number of hydrogen-bond donors (Lipinski definition) is 1. The van der Waals surface area contributed by atoms with Gasteiger partial charge in [0.15, 0.2) is 0 Å². The van der Waals surface area contributed by atoms with Crippen LogP contribution in [0.3, 0.4) is 0 Å². The highest BCUT2D eigenvalue weighted by molar-refractivity contribution is 5.27. The third-order valence-corrected chi connectivity index (χ3v) is 2.96. The van der Waals surface area contributed by atoms with Crippen LogP contribution in [-0.4, -0.2) is 32.4 Å². The summed E-state index contributed by atoms with van der Waals surface area (Å²) < 4.78 is 11.2. The van der Waals surface area contributed by atoms with E-state index in [1.165, 1.54) is 12.0 Å². The SMILES string of the molecule is CCCc1ccc(OCCNCCCOC(C)C)cc1. The quantitative estimate of drug-likeness (QED) is 0.630. The van der Waals surface area contributed by atoms with Gasteiger partial charge in [-0.15, -0.1) is 0 Å². The fraction of sp³-hybridized carbons (Fsp3) is 0.647. The van der Waals surface area contributed by atoms with E-state index in [9.17, 15) is 0 Å². The Morgan fingerprint density at radius 3 is 2.45 bits per heavy atom. The molecule has 0 heterocycles. The molecule has 1 N–H and O–H groups in total. The Bertz CT molecular complexity index is 335. The standard InChI is InChI=1S/C17H29NO2/c1-4-6-16-7-9-17(10-8-16)20-14-12-18-11-5-13-19-15(2)3/h7-10,15,18H,4-6,11-14H2,1-3H3. The van der Waals surface area contributed by atoms with Gasteiger partial charge in [0.05, 0.1) is 6.10 Å². The lowest BCUT2D eigenvalue weighted by molar-refractivity contribution is 0.0770. The first-order chi connectivity index (χ1) is 9.72. The molecule has 20 heavy (non-hydrogen) atoms. The fourth-order valence-corrected chi connectivity index (χ4v) is 1.92. The van der Waals surface area contributed by atoms with Gasteiger partial charge < -0.3 is 14.8 Å². The van der Waals surface area contributed by atoms with E-state index in [4.69, 9.17) is 9.47 Å². The molecule has 0 aliphatic carbocycles. The molecule has 0 aliphatic rings. The number of rotatable bonds is 11. The summed E-state index contributed by atoms with van der Waals surface area (Å²) in [6.45, 7) is 9.70. The molecule has 114 valence electrons. The van der Waals surface area contributed by atoms with E-state index in [0.29, 0.717) is 12.7 Å². The van der Waals surface area contributed by atoms with Crippen molar-refractivity contribution in [2.24, 2.45) is 0 Å². The number of hydrogen-bond acceptors (Lipinski definition) is 3. The Morgan fingerprint density at radius 1 is 1.05 bits per heavy atom. The molecule has 0 amide bonds. The van der Waals surface area contributed by atoms with Crippen LogP contribution >= 0.6 is 0 Å². The third-order valence-electron chi connectivity index (χ3n) is 2.96. The number of aryl methyl sites for hydroxylation is 1. The minimum atomic E-state index is 0.328. The summed E-state index contributed by atoms with van der Waals surface area (Å²) in [7, 11) is 0. The molecule has 1 rings (SSSR count). The third kappa shape index (κ3) is 8.18. The van der Waals surface area contributed by atoms with Gasteiger partial charge >= 0.3 is 0 Å². The van der Waals surface area contributed by atoms with Crippen molar-refractivity contribution < 1.29 is 9.47 Å². The molecular weight excluding hydrogens is 250 g/mol. The van der Waals surface area contributed by atoms with Gasteiger partial charge in [-0.1, -0.05) is 25.5 Å². The Kier molecular flexibility index (Phi) is 9.09. The van der Waals surface area contributed by atoms with Crippen LogP contribution in [0.15, 0.2) is 24.3 Å². The molecule has 0 aliphatic heterocycles. The highest BCUT2D eigenvalue weighted by atomic mass is 16.5. The van der Waals surface area contributed by atoms with Gasteiger partial charge in [-0.25, -0.2) is 0 Å². The van der Waals surface area contributed by atoms with Crippen molar-refractivity contribution in [1.82, 2.24) is 5.32 Å². The topological polar surface area (TPSA) is 30.5 Å². The number of nitrogens with one attached hydrogen (secondary N) is 1. The average molecular weight is 279 g/mol. The Morgan fingerprint density at radius 2 is 1.80 bits per heavy atom. The summed E-state index contributed by atoms with van der Waals surface area (Å²) in [5.74, 6) is 0.954. The van der Waals surface area contributed by atoms with Crippen molar-refractivity contribution >= 4 is 0 Å². The van der Waals surface area contributed by atoms with E-state index in [1.54, 1.807) is 0 Å². The van der Waals surface area contributed by atoms with Crippen molar-refractivity contribution in [2.75, 3.05) is 26.3 Å². The molecule has 3 nitrogen and oxygen atoms in total. The molecule has 1 aromatic rings. The van der Waals surface area contributed by atoms with Gasteiger partial charge in [0.25, 0.3) is 0 Å². The second kappa shape index (κ2) is 10.7.